The largest absolute Gasteiger partial charge is 0.396 e. The van der Waals surface area contributed by atoms with Crippen LogP contribution in [0.5, 0.6) is 0 Å². The fraction of sp³-hybridized carbons (Fsp3) is 1.00. The van der Waals surface area contributed by atoms with E-state index in [9.17, 15) is 5.11 Å². The molecule has 1 saturated heterocycles. The Morgan fingerprint density at radius 3 is 2.59 bits per heavy atom. The smallest absolute Gasteiger partial charge is 0.0683 e. The Bertz CT molecular complexity index is 255. The lowest BCUT2D eigenvalue weighted by molar-refractivity contribution is -0.0517. The Morgan fingerprint density at radius 1 is 1.35 bits per heavy atom. The minimum absolute atomic E-state index is 0.0353. The van der Waals surface area contributed by atoms with Crippen LogP contribution in [-0.2, 0) is 9.47 Å². The van der Waals surface area contributed by atoms with Gasteiger partial charge in [0.25, 0.3) is 0 Å². The zero-order valence-corrected chi connectivity index (χ0v) is 11.4. The van der Waals surface area contributed by atoms with Gasteiger partial charge in [-0.25, -0.2) is 0 Å². The molecule has 2 atom stereocenters. The monoisotopic (exact) mass is 242 g/mol. The van der Waals surface area contributed by atoms with Gasteiger partial charge in [0.2, 0.25) is 0 Å². The van der Waals surface area contributed by atoms with Crippen molar-refractivity contribution in [2.45, 2.75) is 58.2 Å². The normalized spacial score (nSPS) is 34.2. The zero-order chi connectivity index (χ0) is 12.5. The molecule has 0 bridgehead atoms. The number of rotatable bonds is 5. The van der Waals surface area contributed by atoms with E-state index in [4.69, 9.17) is 9.47 Å². The van der Waals surface area contributed by atoms with Crippen LogP contribution in [0.1, 0.15) is 46.5 Å². The summed E-state index contributed by atoms with van der Waals surface area (Å²) in [6.45, 7) is 7.97. The average Bonchev–Trinajstić information content (AvgIpc) is 2.99. The summed E-state index contributed by atoms with van der Waals surface area (Å²) in [6.07, 6.45) is 4.72. The second kappa shape index (κ2) is 4.87. The first-order valence-electron chi connectivity index (χ1n) is 6.83. The van der Waals surface area contributed by atoms with E-state index in [1.54, 1.807) is 0 Å². The molecule has 0 amide bonds. The molecule has 3 nitrogen and oxygen atoms in total. The number of hydrogen-bond donors (Lipinski definition) is 1. The number of hydrogen-bond acceptors (Lipinski definition) is 3. The van der Waals surface area contributed by atoms with E-state index in [0.717, 1.165) is 26.1 Å². The van der Waals surface area contributed by atoms with Crippen molar-refractivity contribution >= 4 is 0 Å². The molecule has 0 aromatic rings. The Balaban J connectivity index is 1.89. The summed E-state index contributed by atoms with van der Waals surface area (Å²) >= 11 is 0. The molecule has 2 rings (SSSR count). The first kappa shape index (κ1) is 13.3. The minimum atomic E-state index is -0.0921. The van der Waals surface area contributed by atoms with Crippen LogP contribution in [0, 0.1) is 11.3 Å². The summed E-state index contributed by atoms with van der Waals surface area (Å²) in [5.74, 6) is 0.694. The summed E-state index contributed by atoms with van der Waals surface area (Å²) in [7, 11) is 0. The van der Waals surface area contributed by atoms with Crippen molar-refractivity contribution in [2.75, 3.05) is 19.8 Å². The first-order valence-corrected chi connectivity index (χ1v) is 6.83. The van der Waals surface area contributed by atoms with E-state index < -0.39 is 0 Å². The van der Waals surface area contributed by atoms with Crippen LogP contribution in [0.15, 0.2) is 0 Å². The van der Waals surface area contributed by atoms with Gasteiger partial charge in [0, 0.05) is 18.6 Å². The molecule has 0 spiro atoms. The third-order valence-electron chi connectivity index (χ3n) is 4.00. The van der Waals surface area contributed by atoms with Gasteiger partial charge >= 0.3 is 0 Å². The van der Waals surface area contributed by atoms with E-state index in [2.05, 4.69) is 20.8 Å². The fourth-order valence-corrected chi connectivity index (χ4v) is 2.82. The van der Waals surface area contributed by atoms with Crippen LogP contribution >= 0.6 is 0 Å². The Hall–Kier alpha value is -0.120. The highest BCUT2D eigenvalue weighted by atomic mass is 16.5. The summed E-state index contributed by atoms with van der Waals surface area (Å²) in [6, 6.07) is 0. The van der Waals surface area contributed by atoms with E-state index in [0.29, 0.717) is 5.92 Å². The van der Waals surface area contributed by atoms with Crippen molar-refractivity contribution in [3.63, 3.8) is 0 Å². The summed E-state index contributed by atoms with van der Waals surface area (Å²) in [5.41, 5.74) is -0.127. The third kappa shape index (κ3) is 3.21. The number of aliphatic hydroxyl groups excluding tert-OH is 1. The van der Waals surface area contributed by atoms with Crippen molar-refractivity contribution < 1.29 is 14.6 Å². The topological polar surface area (TPSA) is 38.7 Å². The molecule has 0 aromatic heterocycles. The molecule has 2 aliphatic rings. The predicted octanol–water partition coefficient (Wildman–Crippen LogP) is 2.37. The van der Waals surface area contributed by atoms with Gasteiger partial charge in [-0.05, 0) is 52.4 Å². The van der Waals surface area contributed by atoms with Gasteiger partial charge in [0.1, 0.15) is 0 Å². The molecule has 2 unspecified atom stereocenters. The molecule has 17 heavy (non-hydrogen) atoms. The van der Waals surface area contributed by atoms with Crippen molar-refractivity contribution in [2.24, 2.45) is 11.3 Å². The van der Waals surface area contributed by atoms with Crippen LogP contribution < -0.4 is 0 Å². The average molecular weight is 242 g/mol. The molecule has 0 radical (unpaired) electrons. The van der Waals surface area contributed by atoms with Crippen molar-refractivity contribution in [1.29, 1.82) is 0 Å². The van der Waals surface area contributed by atoms with E-state index in [1.165, 1.54) is 12.8 Å². The second-order valence-corrected chi connectivity index (χ2v) is 6.61. The molecule has 3 heteroatoms. The third-order valence-corrected chi connectivity index (χ3v) is 4.00. The van der Waals surface area contributed by atoms with Crippen LogP contribution in [0.25, 0.3) is 0 Å². The lowest BCUT2D eigenvalue weighted by Crippen LogP contribution is -2.38. The molecule has 1 aliphatic heterocycles. The van der Waals surface area contributed by atoms with Gasteiger partial charge in [0.15, 0.2) is 0 Å². The Morgan fingerprint density at radius 2 is 2.06 bits per heavy atom. The van der Waals surface area contributed by atoms with Gasteiger partial charge in [-0.15, -0.1) is 0 Å². The van der Waals surface area contributed by atoms with Crippen LogP contribution in [0.2, 0.25) is 0 Å². The van der Waals surface area contributed by atoms with Crippen LogP contribution in [-0.4, -0.2) is 36.6 Å². The molecule has 2 fully saturated rings. The summed E-state index contributed by atoms with van der Waals surface area (Å²) in [4.78, 5) is 0. The minimum Gasteiger partial charge on any atom is -0.396 e. The zero-order valence-electron chi connectivity index (χ0n) is 11.4. The van der Waals surface area contributed by atoms with Gasteiger partial charge in [-0.3, -0.25) is 0 Å². The van der Waals surface area contributed by atoms with E-state index in [1.807, 2.05) is 0 Å². The standard InChI is InChI=1S/C14H26O3/c1-13(2,3)17-9-7-14(10-15)6-8-16-12(14)11-4-5-11/h11-12,15H,4-10H2,1-3H3. The highest BCUT2D eigenvalue weighted by molar-refractivity contribution is 4.99. The maximum absolute atomic E-state index is 9.76. The van der Waals surface area contributed by atoms with Crippen molar-refractivity contribution in [3.05, 3.63) is 0 Å². The first-order chi connectivity index (χ1) is 7.97. The number of ether oxygens (including phenoxy) is 2. The Kier molecular flexibility index (Phi) is 3.81. The molecule has 1 N–H and O–H groups in total. The van der Waals surface area contributed by atoms with Crippen molar-refractivity contribution in [3.8, 4) is 0 Å². The summed E-state index contributed by atoms with van der Waals surface area (Å²) < 4.78 is 11.7. The molecule has 100 valence electrons. The van der Waals surface area contributed by atoms with Crippen molar-refractivity contribution in [1.82, 2.24) is 0 Å². The molecule has 1 saturated carbocycles. The van der Waals surface area contributed by atoms with Gasteiger partial charge in [0.05, 0.1) is 18.3 Å². The maximum Gasteiger partial charge on any atom is 0.0683 e. The van der Waals surface area contributed by atoms with Gasteiger partial charge in [-0.1, -0.05) is 0 Å². The number of aliphatic hydroxyl groups is 1. The predicted molar refractivity (Wildman–Crippen MR) is 66.9 cm³/mol. The lowest BCUT2D eigenvalue weighted by atomic mass is 9.77. The fourth-order valence-electron chi connectivity index (χ4n) is 2.82. The SMILES string of the molecule is CC(C)(C)OCCC1(CO)CCOC1C1CC1. The quantitative estimate of drug-likeness (QED) is 0.804. The molecular formula is C14H26O3. The molecule has 1 heterocycles. The maximum atomic E-state index is 9.76. The summed E-state index contributed by atoms with van der Waals surface area (Å²) in [5, 5.41) is 9.76. The second-order valence-electron chi connectivity index (χ2n) is 6.61. The van der Waals surface area contributed by atoms with Gasteiger partial charge in [-0.2, -0.15) is 0 Å². The van der Waals surface area contributed by atoms with E-state index in [-0.39, 0.29) is 23.7 Å². The van der Waals surface area contributed by atoms with E-state index >= 15 is 0 Å². The van der Waals surface area contributed by atoms with Gasteiger partial charge < -0.3 is 14.6 Å². The van der Waals surface area contributed by atoms with Crippen LogP contribution in [0.4, 0.5) is 0 Å². The molecular weight excluding hydrogens is 216 g/mol. The highest BCUT2D eigenvalue weighted by Gasteiger charge is 2.50. The molecule has 0 aromatic carbocycles. The lowest BCUT2D eigenvalue weighted by Gasteiger charge is -2.33. The molecule has 1 aliphatic carbocycles. The van der Waals surface area contributed by atoms with Crippen LogP contribution in [0.3, 0.4) is 0 Å². The Labute approximate surface area is 104 Å². The highest BCUT2D eigenvalue weighted by Crippen LogP contribution is 2.49.